The van der Waals surface area contributed by atoms with Crippen LogP contribution in [0.25, 0.3) is 11.1 Å². The van der Waals surface area contributed by atoms with Gasteiger partial charge in [-0.2, -0.15) is 0 Å². The molecular formula is C19H18FNO2. The Labute approximate surface area is 135 Å². The van der Waals surface area contributed by atoms with Crippen LogP contribution in [-0.2, 0) is 4.74 Å². The average Bonchev–Trinajstić information content (AvgIpc) is 3.06. The lowest BCUT2D eigenvalue weighted by Crippen LogP contribution is -2.27. The highest BCUT2D eigenvalue weighted by atomic mass is 19.1. The molecule has 0 saturated carbocycles. The van der Waals surface area contributed by atoms with Crippen LogP contribution in [0.2, 0.25) is 0 Å². The monoisotopic (exact) mass is 311 g/mol. The summed E-state index contributed by atoms with van der Waals surface area (Å²) in [6, 6.07) is 12.9. The van der Waals surface area contributed by atoms with E-state index in [1.165, 1.54) is 23.3 Å². The van der Waals surface area contributed by atoms with Crippen LogP contribution >= 0.6 is 0 Å². The standard InChI is InChI=1S/C13H14FNO2.C6H4/c1-5-9-7-6-8-10(11(9)14)15-12(16)17-13(2,3)4;1-2-5-4-6(5)3-1/h1,6-8H,2-4H3,(H,15,16);1-4H. The minimum atomic E-state index is -0.717. The predicted octanol–water partition coefficient (Wildman–Crippen LogP) is 4.82. The molecule has 3 rings (SSSR count). The van der Waals surface area contributed by atoms with Crippen LogP contribution in [0.15, 0.2) is 42.5 Å². The van der Waals surface area contributed by atoms with Gasteiger partial charge in [0.1, 0.15) is 5.60 Å². The number of rotatable bonds is 1. The predicted molar refractivity (Wildman–Crippen MR) is 89.6 cm³/mol. The molecule has 0 aromatic heterocycles. The van der Waals surface area contributed by atoms with Gasteiger partial charge in [-0.3, -0.25) is 5.32 Å². The highest BCUT2D eigenvalue weighted by Crippen LogP contribution is 2.32. The molecule has 0 heterocycles. The first-order valence-corrected chi connectivity index (χ1v) is 7.16. The lowest BCUT2D eigenvalue weighted by Gasteiger charge is -2.19. The number of fused-ring (bicyclic) bond motifs is 1. The lowest BCUT2D eigenvalue weighted by atomic mass is 10.2. The van der Waals surface area contributed by atoms with Crippen molar-refractivity contribution in [3.8, 4) is 23.5 Å². The molecule has 0 atom stereocenters. The Kier molecular flexibility index (Phi) is 4.71. The van der Waals surface area contributed by atoms with Gasteiger partial charge in [0.2, 0.25) is 0 Å². The second kappa shape index (κ2) is 6.53. The van der Waals surface area contributed by atoms with Crippen LogP contribution in [0, 0.1) is 18.2 Å². The number of halogens is 1. The summed E-state index contributed by atoms with van der Waals surface area (Å²) in [4.78, 5) is 11.4. The van der Waals surface area contributed by atoms with Crippen molar-refractivity contribution in [2.24, 2.45) is 0 Å². The normalized spacial score (nSPS) is 10.7. The van der Waals surface area contributed by atoms with Crippen LogP contribution in [0.5, 0.6) is 0 Å². The summed E-state index contributed by atoms with van der Waals surface area (Å²) < 4.78 is 18.7. The Morgan fingerprint density at radius 1 is 1.17 bits per heavy atom. The van der Waals surface area contributed by atoms with E-state index >= 15 is 0 Å². The van der Waals surface area contributed by atoms with E-state index in [-0.39, 0.29) is 11.3 Å². The molecule has 23 heavy (non-hydrogen) atoms. The Hall–Kier alpha value is -2.80. The van der Waals surface area contributed by atoms with Crippen molar-refractivity contribution >= 4 is 11.8 Å². The summed E-state index contributed by atoms with van der Waals surface area (Å²) in [6.07, 6.45) is 4.40. The smallest absolute Gasteiger partial charge is 0.412 e. The zero-order valence-corrected chi connectivity index (χ0v) is 13.3. The van der Waals surface area contributed by atoms with Gasteiger partial charge in [-0.1, -0.05) is 30.2 Å². The molecule has 0 unspecified atom stereocenters. The summed E-state index contributed by atoms with van der Waals surface area (Å²) in [7, 11) is 0. The van der Waals surface area contributed by atoms with Gasteiger partial charge in [-0.15, -0.1) is 6.42 Å². The van der Waals surface area contributed by atoms with Gasteiger partial charge in [0.05, 0.1) is 11.3 Å². The molecule has 4 heteroatoms. The molecule has 1 amide bonds. The maximum absolute atomic E-state index is 13.7. The quantitative estimate of drug-likeness (QED) is 0.654. The zero-order valence-electron chi connectivity index (χ0n) is 13.3. The van der Waals surface area contributed by atoms with Gasteiger partial charge >= 0.3 is 6.09 Å². The van der Waals surface area contributed by atoms with Crippen molar-refractivity contribution in [3.05, 3.63) is 53.8 Å². The molecule has 118 valence electrons. The first-order valence-electron chi connectivity index (χ1n) is 7.16. The van der Waals surface area contributed by atoms with E-state index in [0.717, 1.165) is 0 Å². The summed E-state index contributed by atoms with van der Waals surface area (Å²) in [6.45, 7) is 5.17. The van der Waals surface area contributed by atoms with E-state index in [0.29, 0.717) is 0 Å². The first kappa shape index (κ1) is 16.6. The number of nitrogens with one attached hydrogen (secondary N) is 1. The maximum atomic E-state index is 13.7. The molecule has 0 fully saturated rings. The molecule has 0 saturated heterocycles. The lowest BCUT2D eigenvalue weighted by molar-refractivity contribution is 0.0635. The fourth-order valence-corrected chi connectivity index (χ4v) is 1.83. The Bertz CT molecular complexity index is 752. The van der Waals surface area contributed by atoms with E-state index < -0.39 is 17.5 Å². The van der Waals surface area contributed by atoms with E-state index in [4.69, 9.17) is 11.2 Å². The molecule has 3 nitrogen and oxygen atoms in total. The topological polar surface area (TPSA) is 38.3 Å². The van der Waals surface area contributed by atoms with Crippen molar-refractivity contribution in [1.29, 1.82) is 0 Å². The molecular weight excluding hydrogens is 293 g/mol. The van der Waals surface area contributed by atoms with Crippen LogP contribution < -0.4 is 5.32 Å². The third-order valence-corrected chi connectivity index (χ3v) is 2.90. The second-order valence-corrected chi connectivity index (χ2v) is 6.02. The Morgan fingerprint density at radius 3 is 2.22 bits per heavy atom. The van der Waals surface area contributed by atoms with Crippen LogP contribution in [0.4, 0.5) is 14.9 Å². The minimum absolute atomic E-state index is 0.00898. The molecule has 1 aromatic carbocycles. The summed E-state index contributed by atoms with van der Waals surface area (Å²) >= 11 is 0. The number of hydrogen-bond acceptors (Lipinski definition) is 2. The second-order valence-electron chi connectivity index (χ2n) is 6.02. The van der Waals surface area contributed by atoms with Crippen LogP contribution in [-0.4, -0.2) is 11.7 Å². The van der Waals surface area contributed by atoms with Crippen molar-refractivity contribution < 1.29 is 13.9 Å². The van der Waals surface area contributed by atoms with E-state index in [1.807, 2.05) is 0 Å². The first-order chi connectivity index (χ1) is 10.8. The number of ether oxygens (including phenoxy) is 1. The average molecular weight is 311 g/mol. The number of terminal acetylenes is 1. The Balaban J connectivity index is 0.000000260. The molecule has 1 N–H and O–H groups in total. The molecule has 1 aromatic rings. The summed E-state index contributed by atoms with van der Waals surface area (Å²) in [5, 5.41) is 2.31. The van der Waals surface area contributed by atoms with Crippen LogP contribution in [0.3, 0.4) is 0 Å². The highest BCUT2D eigenvalue weighted by Gasteiger charge is 2.17. The van der Waals surface area contributed by atoms with Gasteiger partial charge in [-0.25, -0.2) is 9.18 Å². The van der Waals surface area contributed by atoms with Gasteiger partial charge in [-0.05, 0) is 50.1 Å². The molecule has 0 radical (unpaired) electrons. The van der Waals surface area contributed by atoms with Crippen LogP contribution in [0.1, 0.15) is 26.3 Å². The van der Waals surface area contributed by atoms with Gasteiger partial charge in [0.25, 0.3) is 0 Å². The number of benzene rings is 2. The van der Waals surface area contributed by atoms with E-state index in [9.17, 15) is 9.18 Å². The third kappa shape index (κ3) is 4.86. The van der Waals surface area contributed by atoms with Gasteiger partial charge in [0, 0.05) is 0 Å². The zero-order chi connectivity index (χ0) is 17.0. The largest absolute Gasteiger partial charge is 0.444 e. The molecule has 0 aliphatic heterocycles. The van der Waals surface area contributed by atoms with E-state index in [1.54, 1.807) is 26.8 Å². The molecule has 2 aliphatic rings. The molecule has 2 aliphatic carbocycles. The fraction of sp³-hybridized carbons (Fsp3) is 0.211. The van der Waals surface area contributed by atoms with E-state index in [2.05, 4.69) is 35.5 Å². The number of carbonyl (C=O) groups is 1. The minimum Gasteiger partial charge on any atom is -0.444 e. The molecule has 0 bridgehead atoms. The third-order valence-electron chi connectivity index (χ3n) is 2.90. The Morgan fingerprint density at radius 2 is 1.78 bits per heavy atom. The van der Waals surface area contributed by atoms with Crippen molar-refractivity contribution in [3.63, 3.8) is 0 Å². The van der Waals surface area contributed by atoms with Crippen molar-refractivity contribution in [2.45, 2.75) is 26.4 Å². The summed E-state index contributed by atoms with van der Waals surface area (Å²) in [5.41, 5.74) is 2.32. The number of amides is 1. The SMILES string of the molecule is C#Cc1cccc(NC(=O)OC(C)(C)C)c1F.c1cc2cc-2c1. The number of carbonyl (C=O) groups excluding carboxylic acids is 1. The number of hydrogen-bond donors (Lipinski definition) is 1. The van der Waals surface area contributed by atoms with Crippen molar-refractivity contribution in [2.75, 3.05) is 5.32 Å². The van der Waals surface area contributed by atoms with Gasteiger partial charge in [0.15, 0.2) is 5.82 Å². The fourth-order valence-electron chi connectivity index (χ4n) is 1.83. The number of anilines is 1. The van der Waals surface area contributed by atoms with Gasteiger partial charge < -0.3 is 4.74 Å². The maximum Gasteiger partial charge on any atom is 0.412 e. The van der Waals surface area contributed by atoms with Crippen molar-refractivity contribution in [1.82, 2.24) is 0 Å². The summed E-state index contributed by atoms with van der Waals surface area (Å²) in [5.74, 6) is 1.55. The molecule has 0 spiro atoms. The highest BCUT2D eigenvalue weighted by molar-refractivity contribution is 5.85.